The highest BCUT2D eigenvalue weighted by atomic mass is 14.9. The molecule has 16 heavy (non-hydrogen) atoms. The van der Waals surface area contributed by atoms with E-state index in [1.165, 1.54) is 28.9 Å². The number of fused-ring (bicyclic) bond motifs is 2. The van der Waals surface area contributed by atoms with Crippen molar-refractivity contribution >= 4 is 11.3 Å². The summed E-state index contributed by atoms with van der Waals surface area (Å²) in [5.74, 6) is 2.12. The van der Waals surface area contributed by atoms with Crippen molar-refractivity contribution in [3.05, 3.63) is 35.5 Å². The second kappa shape index (κ2) is 3.38. The zero-order chi connectivity index (χ0) is 11.3. The number of hydrogen-bond donors (Lipinski definition) is 0. The lowest BCUT2D eigenvalue weighted by atomic mass is 9.73. The summed E-state index contributed by atoms with van der Waals surface area (Å²) in [6, 6.07) is 8.56. The third kappa shape index (κ3) is 1.24. The normalized spacial score (nSPS) is 32.1. The minimum absolute atomic E-state index is 0.603. The van der Waals surface area contributed by atoms with E-state index < -0.39 is 0 Å². The zero-order valence-corrected chi connectivity index (χ0v) is 10.2. The Bertz CT molecular complexity index is 458. The van der Waals surface area contributed by atoms with E-state index in [9.17, 15) is 0 Å². The second-order valence-electron chi connectivity index (χ2n) is 5.32. The Labute approximate surface area is 97.6 Å². The van der Waals surface area contributed by atoms with Crippen molar-refractivity contribution in [3.8, 4) is 0 Å². The van der Waals surface area contributed by atoms with E-state index in [1.807, 2.05) is 0 Å². The van der Waals surface area contributed by atoms with Crippen molar-refractivity contribution < 1.29 is 0 Å². The first-order valence-corrected chi connectivity index (χ1v) is 6.22. The molecule has 1 heterocycles. The van der Waals surface area contributed by atoms with Crippen LogP contribution in [0.25, 0.3) is 5.57 Å². The summed E-state index contributed by atoms with van der Waals surface area (Å²) >= 11 is 0. The molecule has 0 aromatic heterocycles. The number of hydrogen-bond acceptors (Lipinski definition) is 0. The van der Waals surface area contributed by atoms with E-state index in [1.54, 1.807) is 0 Å². The largest absolute Gasteiger partial charge is 0.252 e. The second-order valence-corrected chi connectivity index (χ2v) is 5.32. The zero-order valence-electron chi connectivity index (χ0n) is 10.2. The summed E-state index contributed by atoms with van der Waals surface area (Å²) in [4.78, 5) is 0. The number of allylic oxidation sites excluding steroid dienone is 2. The Balaban J connectivity index is 2.08. The maximum atomic E-state index is 4.82. The summed E-state index contributed by atoms with van der Waals surface area (Å²) in [7, 11) is 0. The Morgan fingerprint density at radius 3 is 2.69 bits per heavy atom. The monoisotopic (exact) mass is 212 g/mol. The quantitative estimate of drug-likeness (QED) is 0.618. The molecular weight excluding hydrogens is 194 g/mol. The predicted molar refractivity (Wildman–Crippen MR) is 67.3 cm³/mol. The van der Waals surface area contributed by atoms with Crippen LogP contribution in [0.3, 0.4) is 0 Å². The molecule has 1 nitrogen and oxygen atoms in total. The van der Waals surface area contributed by atoms with Crippen LogP contribution < -0.4 is 5.32 Å². The molecule has 0 amide bonds. The molecule has 0 bridgehead atoms. The summed E-state index contributed by atoms with van der Waals surface area (Å²) in [5.41, 5.74) is 5.42. The first kappa shape index (κ1) is 9.95. The molecule has 1 aromatic rings. The SMILES string of the molecule is CC1CC2=C([N]c3ccccc32)C(C)C1C. The standard InChI is InChI=1S/C15H18N/c1-9-8-13-12-6-4-5-7-14(12)16-15(13)11(3)10(9)2/h4-7,9-11H,8H2,1-3H3. The number of nitrogens with zero attached hydrogens (tertiary/aromatic N) is 1. The molecule has 1 aromatic carbocycles. The Morgan fingerprint density at radius 1 is 1.12 bits per heavy atom. The third-order valence-electron chi connectivity index (χ3n) is 4.42. The van der Waals surface area contributed by atoms with Crippen molar-refractivity contribution in [2.24, 2.45) is 17.8 Å². The highest BCUT2D eigenvalue weighted by Gasteiger charge is 2.36. The van der Waals surface area contributed by atoms with Crippen LogP contribution in [0.4, 0.5) is 5.69 Å². The average molecular weight is 212 g/mol. The fraction of sp³-hybridized carbons (Fsp3) is 0.467. The molecule has 3 atom stereocenters. The van der Waals surface area contributed by atoms with Crippen LogP contribution in [-0.4, -0.2) is 0 Å². The van der Waals surface area contributed by atoms with Gasteiger partial charge in [0.2, 0.25) is 0 Å². The molecule has 83 valence electrons. The van der Waals surface area contributed by atoms with Gasteiger partial charge in [-0.2, -0.15) is 0 Å². The van der Waals surface area contributed by atoms with Crippen LogP contribution in [0, 0.1) is 17.8 Å². The van der Waals surface area contributed by atoms with Crippen LogP contribution >= 0.6 is 0 Å². The van der Waals surface area contributed by atoms with Crippen molar-refractivity contribution in [1.82, 2.24) is 5.32 Å². The van der Waals surface area contributed by atoms with Crippen molar-refractivity contribution in [1.29, 1.82) is 0 Å². The summed E-state index contributed by atoms with van der Waals surface area (Å²) in [5, 5.41) is 4.82. The van der Waals surface area contributed by atoms with E-state index in [4.69, 9.17) is 5.32 Å². The molecule has 2 aliphatic rings. The first-order valence-electron chi connectivity index (χ1n) is 6.22. The van der Waals surface area contributed by atoms with Crippen LogP contribution in [0.1, 0.15) is 32.8 Å². The Hall–Kier alpha value is -1.24. The lowest BCUT2D eigenvalue weighted by Gasteiger charge is -2.32. The van der Waals surface area contributed by atoms with Crippen LogP contribution in [-0.2, 0) is 0 Å². The molecule has 1 heteroatoms. The molecule has 3 unspecified atom stereocenters. The minimum Gasteiger partial charge on any atom is -0.252 e. The Morgan fingerprint density at radius 2 is 1.88 bits per heavy atom. The van der Waals surface area contributed by atoms with E-state index in [0.29, 0.717) is 5.92 Å². The van der Waals surface area contributed by atoms with Gasteiger partial charge in [0.05, 0.1) is 5.69 Å². The molecule has 0 fully saturated rings. The van der Waals surface area contributed by atoms with Gasteiger partial charge in [0.25, 0.3) is 0 Å². The van der Waals surface area contributed by atoms with E-state index >= 15 is 0 Å². The molecule has 3 rings (SSSR count). The number of para-hydroxylation sites is 1. The molecule has 1 radical (unpaired) electrons. The molecule has 0 N–H and O–H groups in total. The van der Waals surface area contributed by atoms with Gasteiger partial charge in [0.15, 0.2) is 0 Å². The summed E-state index contributed by atoms with van der Waals surface area (Å²) in [6.07, 6.45) is 1.20. The van der Waals surface area contributed by atoms with Crippen molar-refractivity contribution in [3.63, 3.8) is 0 Å². The van der Waals surface area contributed by atoms with Crippen LogP contribution in [0.15, 0.2) is 30.0 Å². The van der Waals surface area contributed by atoms with E-state index in [2.05, 4.69) is 45.0 Å². The highest BCUT2D eigenvalue weighted by Crippen LogP contribution is 2.48. The topological polar surface area (TPSA) is 14.1 Å². The molecule has 0 saturated carbocycles. The lowest BCUT2D eigenvalue weighted by molar-refractivity contribution is 0.293. The fourth-order valence-electron chi connectivity index (χ4n) is 3.00. The predicted octanol–water partition coefficient (Wildman–Crippen LogP) is 3.96. The molecule has 1 aliphatic heterocycles. The average Bonchev–Trinajstić information content (AvgIpc) is 2.65. The van der Waals surface area contributed by atoms with Gasteiger partial charge in [0, 0.05) is 17.2 Å². The maximum absolute atomic E-state index is 4.82. The van der Waals surface area contributed by atoms with Crippen LogP contribution in [0.2, 0.25) is 0 Å². The van der Waals surface area contributed by atoms with Gasteiger partial charge in [-0.05, 0) is 29.9 Å². The molecule has 0 saturated heterocycles. The van der Waals surface area contributed by atoms with Crippen molar-refractivity contribution in [2.45, 2.75) is 27.2 Å². The first-order chi connectivity index (χ1) is 7.68. The van der Waals surface area contributed by atoms with E-state index in [0.717, 1.165) is 11.8 Å². The fourth-order valence-corrected chi connectivity index (χ4v) is 3.00. The van der Waals surface area contributed by atoms with Gasteiger partial charge in [0.1, 0.15) is 0 Å². The third-order valence-corrected chi connectivity index (χ3v) is 4.42. The van der Waals surface area contributed by atoms with Gasteiger partial charge in [-0.3, -0.25) is 5.32 Å². The van der Waals surface area contributed by atoms with Gasteiger partial charge in [-0.15, -0.1) is 0 Å². The van der Waals surface area contributed by atoms with Gasteiger partial charge < -0.3 is 0 Å². The molecule has 1 aliphatic carbocycles. The number of benzene rings is 1. The molecule has 0 spiro atoms. The van der Waals surface area contributed by atoms with E-state index in [-0.39, 0.29) is 0 Å². The molecular formula is C15H18N. The van der Waals surface area contributed by atoms with Gasteiger partial charge >= 0.3 is 0 Å². The van der Waals surface area contributed by atoms with Crippen LogP contribution in [0.5, 0.6) is 0 Å². The minimum atomic E-state index is 0.603. The maximum Gasteiger partial charge on any atom is 0.0708 e. The highest BCUT2D eigenvalue weighted by molar-refractivity contribution is 5.82. The number of rotatable bonds is 0. The van der Waals surface area contributed by atoms with Gasteiger partial charge in [-0.1, -0.05) is 39.0 Å². The smallest absolute Gasteiger partial charge is 0.0708 e. The lowest BCUT2D eigenvalue weighted by Crippen LogP contribution is -2.25. The van der Waals surface area contributed by atoms with Gasteiger partial charge in [-0.25, -0.2) is 0 Å². The summed E-state index contributed by atoms with van der Waals surface area (Å²) in [6.45, 7) is 7.05. The Kier molecular flexibility index (Phi) is 2.10. The van der Waals surface area contributed by atoms with Crippen molar-refractivity contribution in [2.75, 3.05) is 0 Å². The summed E-state index contributed by atoms with van der Waals surface area (Å²) < 4.78 is 0.